The van der Waals surface area contributed by atoms with Gasteiger partial charge in [-0.3, -0.25) is 18.7 Å². The SMILES string of the molecule is Cc1nn(-c2[c-]cccc2)c(C)c1-c1ccc(-c2ccccc2)cc1.Cc1nn(-c2[c-]cccc2)c(C)c1-c1ccc(-c2ccccc2)cc1.[Ir+3].[Ir+3].[c-]1ccc(-c2ccc3c4ccccc4n(-c4ccccc4)c3c2)cc1-c1ccccn1.[c-]1ccccc1-c1cc(-c2ccccc2)ccn1.[c-]1ccccc1-n1cc(-c2ccc(-c3ccccc3)cc2)cn1.[c-]1ccccc1-n1cc(-c2ccc(-c3ccccc3)cc2)cn1. The summed E-state index contributed by atoms with van der Waals surface area (Å²) >= 11 is 0. The Hall–Kier alpha value is -17.8. The fraction of sp³-hybridized carbons (Fsp3) is 0.0299. The molecule has 7 heterocycles. The maximum absolute atomic E-state index is 4.72. The molecule has 0 amide bonds. The van der Waals surface area contributed by atoms with Gasteiger partial charge in [-0.1, -0.05) is 315 Å². The summed E-state index contributed by atoms with van der Waals surface area (Å²) in [5.41, 5.74) is 39.5. The molecule has 0 radical (unpaired) electrons. The van der Waals surface area contributed by atoms with Crippen LogP contribution in [0.15, 0.2) is 529 Å². The molecular weight excluding hydrogens is 2150 g/mol. The molecule has 7 aromatic heterocycles. The van der Waals surface area contributed by atoms with Gasteiger partial charge < -0.3 is 14.5 Å². The van der Waals surface area contributed by atoms with Crippen LogP contribution < -0.4 is 0 Å². The summed E-state index contributed by atoms with van der Waals surface area (Å²) in [6, 6.07) is 188. The van der Waals surface area contributed by atoms with Crippen LogP contribution in [0.3, 0.4) is 0 Å². The Morgan fingerprint density at radius 2 is 0.551 bits per heavy atom. The molecule has 18 aromatic carbocycles. The third-order valence-corrected chi connectivity index (χ3v) is 25.3. The summed E-state index contributed by atoms with van der Waals surface area (Å²) < 4.78 is 9.98. The van der Waals surface area contributed by atoms with E-state index >= 15 is 0 Å². The first kappa shape index (κ1) is 99.3. The monoisotopic (exact) mass is 2250 g/mol. The largest absolute Gasteiger partial charge is 3.00 e. The van der Waals surface area contributed by atoms with Crippen LogP contribution in [0.5, 0.6) is 0 Å². The molecule has 11 nitrogen and oxygen atoms in total. The minimum absolute atomic E-state index is 0. The van der Waals surface area contributed by atoms with E-state index in [9.17, 15) is 0 Å². The number of hydrogen-bond acceptors (Lipinski definition) is 6. The summed E-state index contributed by atoms with van der Waals surface area (Å²) in [6.07, 6.45) is 11.5. The summed E-state index contributed by atoms with van der Waals surface area (Å²) in [5, 5.41) is 20.8. The van der Waals surface area contributed by atoms with Crippen molar-refractivity contribution in [2.24, 2.45) is 0 Å². The van der Waals surface area contributed by atoms with Crippen molar-refractivity contribution < 1.29 is 40.2 Å². The van der Waals surface area contributed by atoms with E-state index in [1.165, 1.54) is 111 Å². The minimum atomic E-state index is 0. The van der Waals surface area contributed by atoms with Gasteiger partial charge in [0.15, 0.2) is 0 Å². The second-order valence-electron chi connectivity index (χ2n) is 34.7. The Kier molecular flexibility index (Phi) is 32.7. The van der Waals surface area contributed by atoms with Crippen LogP contribution in [-0.4, -0.2) is 53.7 Å². The molecule has 0 bridgehead atoms. The van der Waals surface area contributed by atoms with Gasteiger partial charge in [0.2, 0.25) is 0 Å². The maximum Gasteiger partial charge on any atom is 3.00 e. The van der Waals surface area contributed by atoms with Crippen LogP contribution in [0.2, 0.25) is 0 Å². The smallest absolute Gasteiger partial charge is 0.309 e. The number of nitrogens with zero attached hydrogens (tertiary/aromatic N) is 11. The number of benzene rings is 18. The van der Waals surface area contributed by atoms with Crippen molar-refractivity contribution in [3.05, 3.63) is 588 Å². The zero-order valence-corrected chi connectivity index (χ0v) is 86.1. The van der Waals surface area contributed by atoms with Gasteiger partial charge >= 0.3 is 40.2 Å². The molecule has 0 aliphatic carbocycles. The zero-order valence-electron chi connectivity index (χ0n) is 81.3. The Morgan fingerprint density at radius 3 is 0.966 bits per heavy atom. The molecule has 0 atom stereocenters. The van der Waals surface area contributed by atoms with E-state index in [1.807, 2.05) is 250 Å². The molecule has 147 heavy (non-hydrogen) atoms. The first-order chi connectivity index (χ1) is 71.6. The van der Waals surface area contributed by atoms with Crippen LogP contribution in [0.25, 0.3) is 184 Å². The molecule has 25 rings (SSSR count). The average molecular weight is 2250 g/mol. The molecular formula is C134H99Ir2N11. The number of aryl methyl sites for hydroxylation is 2. The van der Waals surface area contributed by atoms with E-state index in [-0.39, 0.29) is 40.2 Å². The fourth-order valence-corrected chi connectivity index (χ4v) is 18.0. The second-order valence-corrected chi connectivity index (χ2v) is 34.7. The third kappa shape index (κ3) is 23.9. The van der Waals surface area contributed by atoms with Crippen molar-refractivity contribution >= 4 is 21.8 Å². The molecule has 0 fully saturated rings. The topological polar surface area (TPSA) is 102 Å². The second kappa shape index (κ2) is 48.3. The number of rotatable bonds is 17. The minimum Gasteiger partial charge on any atom is -0.309 e. The number of para-hydroxylation sites is 6. The van der Waals surface area contributed by atoms with E-state index < -0.39 is 0 Å². The maximum atomic E-state index is 4.72. The van der Waals surface area contributed by atoms with Gasteiger partial charge in [-0.25, -0.2) is 0 Å². The Bertz CT molecular complexity index is 8090. The van der Waals surface area contributed by atoms with Gasteiger partial charge in [0, 0.05) is 74.9 Å². The first-order valence-corrected chi connectivity index (χ1v) is 48.3. The first-order valence-electron chi connectivity index (χ1n) is 48.3. The number of aromatic nitrogens is 11. The molecule has 13 heteroatoms. The number of pyridine rings is 2. The van der Waals surface area contributed by atoms with E-state index in [2.05, 4.69) is 386 Å². The van der Waals surface area contributed by atoms with Gasteiger partial charge in [0.1, 0.15) is 0 Å². The summed E-state index contributed by atoms with van der Waals surface area (Å²) in [4.78, 5) is 8.88. The summed E-state index contributed by atoms with van der Waals surface area (Å²) in [7, 11) is 0. The van der Waals surface area contributed by atoms with Gasteiger partial charge in [-0.2, -0.15) is 117 Å². The molecule has 0 spiro atoms. The molecule has 0 aliphatic rings. The average Bonchev–Trinajstić information content (AvgIpc) is 1.58. The van der Waals surface area contributed by atoms with Crippen molar-refractivity contribution in [2.45, 2.75) is 27.7 Å². The van der Waals surface area contributed by atoms with Crippen LogP contribution >= 0.6 is 0 Å². The third-order valence-electron chi connectivity index (χ3n) is 25.3. The summed E-state index contributed by atoms with van der Waals surface area (Å²) in [6.45, 7) is 8.35. The Morgan fingerprint density at radius 1 is 0.218 bits per heavy atom. The fourth-order valence-electron chi connectivity index (χ4n) is 18.0. The Balaban J connectivity index is 0.000000116. The predicted octanol–water partition coefficient (Wildman–Crippen LogP) is 32.8. The van der Waals surface area contributed by atoms with Gasteiger partial charge in [-0.05, 0) is 182 Å². The quantitative estimate of drug-likeness (QED) is 0.0842. The molecule has 0 unspecified atom stereocenters. The standard InChI is InChI=1S/C29H19N2.2C23H19N2.2C21H15N2.C17H12N.2Ir/c1-2-11-24(12-3-1)31-28-15-5-4-13-25(28)26-17-16-22(20-29(26)31)21-9-8-10-23(19-21)27-14-6-7-18-30-27;2*1-17-23(18(2)25(24-17)22-11-7-4-8-12-22)21-15-13-20(14-16-21)19-9-5-3-6-10-19;2*1-3-7-17(8-4-1)18-11-13-19(14-12-18)20-15-22-23(16-20)21-9-5-2-6-10-21;1-3-7-14(8-4-1)16-11-12-18-17(13-16)15-9-5-2-6-10-15;;/h1-9,11-20H;2*3-11,13-16H,1-2H3;2*1-9,11-16H;1-9,11-13H;;/q6*-1;2*+3. The zero-order chi connectivity index (χ0) is 98.3. The van der Waals surface area contributed by atoms with Crippen LogP contribution in [-0.2, 0) is 40.2 Å². The molecule has 0 aliphatic heterocycles. The van der Waals surface area contributed by atoms with Crippen molar-refractivity contribution in [1.82, 2.24) is 53.7 Å². The van der Waals surface area contributed by atoms with Crippen LogP contribution in [0.1, 0.15) is 22.8 Å². The normalized spacial score (nSPS) is 10.6. The molecule has 0 N–H and O–H groups in total. The Labute approximate surface area is 886 Å². The molecule has 708 valence electrons. The van der Waals surface area contributed by atoms with E-state index in [0.717, 1.165) is 95.9 Å². The predicted molar refractivity (Wildman–Crippen MR) is 594 cm³/mol. The number of fused-ring (bicyclic) bond motifs is 3. The summed E-state index contributed by atoms with van der Waals surface area (Å²) in [5.74, 6) is 0. The molecule has 0 saturated heterocycles. The van der Waals surface area contributed by atoms with E-state index in [1.54, 1.807) is 0 Å². The van der Waals surface area contributed by atoms with Gasteiger partial charge in [-0.15, -0.1) is 95.6 Å². The van der Waals surface area contributed by atoms with Crippen molar-refractivity contribution in [2.75, 3.05) is 0 Å². The van der Waals surface area contributed by atoms with Gasteiger partial charge in [0.05, 0.1) is 34.8 Å². The van der Waals surface area contributed by atoms with Crippen molar-refractivity contribution in [3.8, 4) is 162 Å². The molecule has 25 aromatic rings. The van der Waals surface area contributed by atoms with Crippen molar-refractivity contribution in [3.63, 3.8) is 0 Å². The van der Waals surface area contributed by atoms with Gasteiger partial charge in [0.25, 0.3) is 0 Å². The molecule has 0 saturated carbocycles. The van der Waals surface area contributed by atoms with E-state index in [4.69, 9.17) is 10.2 Å². The number of hydrogen-bond donors (Lipinski definition) is 0. The van der Waals surface area contributed by atoms with Crippen LogP contribution in [0.4, 0.5) is 0 Å². The van der Waals surface area contributed by atoms with Crippen molar-refractivity contribution in [1.29, 1.82) is 0 Å². The van der Waals surface area contributed by atoms with E-state index in [0.29, 0.717) is 0 Å². The van der Waals surface area contributed by atoms with Crippen LogP contribution in [0, 0.1) is 64.1 Å².